The van der Waals surface area contributed by atoms with Gasteiger partial charge in [0.1, 0.15) is 9.88 Å². The lowest BCUT2D eigenvalue weighted by molar-refractivity contribution is 0.0531. The molecule has 2 N–H and O–H groups in total. The van der Waals surface area contributed by atoms with Gasteiger partial charge in [-0.1, -0.05) is 30.3 Å². The van der Waals surface area contributed by atoms with E-state index in [0.717, 1.165) is 17.1 Å². The van der Waals surface area contributed by atoms with Crippen LogP contribution >= 0.6 is 11.3 Å². The average Bonchev–Trinajstić information content (AvgIpc) is 3.11. The number of esters is 1. The highest BCUT2D eigenvalue weighted by Crippen LogP contribution is 2.24. The summed E-state index contributed by atoms with van der Waals surface area (Å²) in [4.78, 5) is 21.6. The maximum Gasteiger partial charge on any atom is 0.350 e. The van der Waals surface area contributed by atoms with Crippen LogP contribution in [0, 0.1) is 6.92 Å². The predicted octanol–water partition coefficient (Wildman–Crippen LogP) is 3.46. The Morgan fingerprint density at radius 1 is 1.28 bits per heavy atom. The van der Waals surface area contributed by atoms with Crippen LogP contribution < -0.4 is 10.6 Å². The molecule has 0 bridgehead atoms. The number of nitrogens with one attached hydrogen (secondary N) is 2. The fraction of sp³-hybridized carbons (Fsp3) is 0.476. The number of carbonyl (C=O) groups excluding carboxylic acids is 1. The molecule has 0 fully saturated rings. The second kappa shape index (κ2) is 12.2. The first-order chi connectivity index (χ1) is 14.0. The smallest absolute Gasteiger partial charge is 0.350 e. The van der Waals surface area contributed by atoms with E-state index in [0.29, 0.717) is 42.9 Å². The van der Waals surface area contributed by atoms with Gasteiger partial charge in [0.05, 0.1) is 38.1 Å². The van der Waals surface area contributed by atoms with Crippen LogP contribution in [0.1, 0.15) is 52.7 Å². The molecule has 0 aliphatic heterocycles. The fourth-order valence-corrected chi connectivity index (χ4v) is 3.52. The molecule has 2 aromatic rings. The van der Waals surface area contributed by atoms with Gasteiger partial charge in [0.2, 0.25) is 0 Å². The summed E-state index contributed by atoms with van der Waals surface area (Å²) in [7, 11) is 0. The molecule has 0 spiro atoms. The third-order valence-corrected chi connectivity index (χ3v) is 5.28. The highest BCUT2D eigenvalue weighted by atomic mass is 32.1. The zero-order valence-electron chi connectivity index (χ0n) is 17.5. The van der Waals surface area contributed by atoms with Crippen LogP contribution in [0.5, 0.6) is 0 Å². The molecule has 1 heterocycles. The number of aliphatic imine (C=N–C) groups is 1. The lowest BCUT2D eigenvalue weighted by atomic mass is 10.2. The summed E-state index contributed by atoms with van der Waals surface area (Å²) in [6, 6.07) is 9.97. The fourth-order valence-electron chi connectivity index (χ4n) is 2.56. The number of thiazole rings is 1. The molecule has 0 aliphatic rings. The van der Waals surface area contributed by atoms with Gasteiger partial charge in [-0.3, -0.25) is 4.99 Å². The Morgan fingerprint density at radius 3 is 2.72 bits per heavy atom. The third kappa shape index (κ3) is 7.47. The maximum absolute atomic E-state index is 12.0. The molecular weight excluding hydrogens is 388 g/mol. The molecule has 0 saturated heterocycles. The van der Waals surface area contributed by atoms with Crippen LogP contribution in [0.15, 0.2) is 35.3 Å². The predicted molar refractivity (Wildman–Crippen MR) is 116 cm³/mol. The minimum atomic E-state index is -0.322. The van der Waals surface area contributed by atoms with Gasteiger partial charge >= 0.3 is 5.97 Å². The monoisotopic (exact) mass is 418 g/mol. The normalized spacial score (nSPS) is 12.5. The minimum absolute atomic E-state index is 0.0927. The van der Waals surface area contributed by atoms with Crippen molar-refractivity contribution in [3.8, 4) is 0 Å². The summed E-state index contributed by atoms with van der Waals surface area (Å²) in [6.45, 7) is 10.4. The molecule has 29 heavy (non-hydrogen) atoms. The van der Waals surface area contributed by atoms with E-state index >= 15 is 0 Å². The number of guanidine groups is 1. The zero-order chi connectivity index (χ0) is 21.1. The summed E-state index contributed by atoms with van der Waals surface area (Å²) < 4.78 is 10.8. The van der Waals surface area contributed by atoms with Crippen molar-refractivity contribution in [2.45, 2.75) is 40.3 Å². The third-order valence-electron chi connectivity index (χ3n) is 3.96. The van der Waals surface area contributed by atoms with Gasteiger partial charge in [-0.05, 0) is 33.3 Å². The van der Waals surface area contributed by atoms with Gasteiger partial charge in [-0.2, -0.15) is 0 Å². The number of aryl methyl sites for hydroxylation is 1. The number of nitrogens with zero attached hydrogens (tertiary/aromatic N) is 2. The van der Waals surface area contributed by atoms with Gasteiger partial charge in [-0.15, -0.1) is 11.3 Å². The minimum Gasteiger partial charge on any atom is -0.462 e. The van der Waals surface area contributed by atoms with Crippen molar-refractivity contribution in [1.82, 2.24) is 15.6 Å². The van der Waals surface area contributed by atoms with E-state index in [2.05, 4.69) is 20.6 Å². The first kappa shape index (κ1) is 22.8. The summed E-state index contributed by atoms with van der Waals surface area (Å²) in [6.07, 6.45) is 0. The lowest BCUT2D eigenvalue weighted by Crippen LogP contribution is -2.39. The van der Waals surface area contributed by atoms with E-state index in [1.54, 1.807) is 6.92 Å². The van der Waals surface area contributed by atoms with Crippen molar-refractivity contribution in [3.63, 3.8) is 0 Å². The Morgan fingerprint density at radius 2 is 2.03 bits per heavy atom. The topological polar surface area (TPSA) is 84.8 Å². The lowest BCUT2D eigenvalue weighted by Gasteiger charge is -2.16. The van der Waals surface area contributed by atoms with Crippen molar-refractivity contribution in [2.24, 2.45) is 4.99 Å². The molecule has 1 aromatic carbocycles. The Labute approximate surface area is 176 Å². The van der Waals surface area contributed by atoms with Gasteiger partial charge in [0, 0.05) is 6.54 Å². The number of hydrogen-bond acceptors (Lipinski definition) is 6. The van der Waals surface area contributed by atoms with E-state index in [4.69, 9.17) is 9.47 Å². The van der Waals surface area contributed by atoms with Crippen LogP contribution in [0.3, 0.4) is 0 Å². The summed E-state index contributed by atoms with van der Waals surface area (Å²) in [5.74, 6) is 0.367. The Bertz CT molecular complexity index is 792. The second-order valence-electron chi connectivity index (χ2n) is 6.35. The first-order valence-corrected chi connectivity index (χ1v) is 10.7. The maximum atomic E-state index is 12.0. The van der Waals surface area contributed by atoms with Crippen molar-refractivity contribution in [1.29, 1.82) is 0 Å². The molecule has 0 amide bonds. The Balaban J connectivity index is 1.89. The summed E-state index contributed by atoms with van der Waals surface area (Å²) in [5, 5.41) is 7.37. The van der Waals surface area contributed by atoms with Crippen LogP contribution in [0.4, 0.5) is 0 Å². The van der Waals surface area contributed by atoms with Crippen LogP contribution in [-0.2, 0) is 16.1 Å². The molecule has 2 rings (SSSR count). The highest BCUT2D eigenvalue weighted by Gasteiger charge is 2.20. The number of hydrogen-bond donors (Lipinski definition) is 2. The quantitative estimate of drug-likeness (QED) is 0.266. The van der Waals surface area contributed by atoms with E-state index in [9.17, 15) is 4.79 Å². The SMILES string of the molecule is CCNC(=NCCOCc1ccccc1)NC(C)c1nc(C)c(C(=O)OCC)s1. The number of benzene rings is 1. The van der Waals surface area contributed by atoms with E-state index < -0.39 is 0 Å². The molecule has 158 valence electrons. The van der Waals surface area contributed by atoms with Crippen LogP contribution in [0.25, 0.3) is 0 Å². The average molecular weight is 419 g/mol. The molecule has 0 saturated carbocycles. The molecule has 1 atom stereocenters. The van der Waals surface area contributed by atoms with Crippen molar-refractivity contribution in [3.05, 3.63) is 51.5 Å². The van der Waals surface area contributed by atoms with Gasteiger partial charge in [0.25, 0.3) is 0 Å². The molecule has 7 nitrogen and oxygen atoms in total. The first-order valence-electron chi connectivity index (χ1n) is 9.86. The van der Waals surface area contributed by atoms with Crippen molar-refractivity contribution >= 4 is 23.3 Å². The second-order valence-corrected chi connectivity index (χ2v) is 7.38. The Hall–Kier alpha value is -2.45. The Kier molecular flexibility index (Phi) is 9.59. The number of aromatic nitrogens is 1. The van der Waals surface area contributed by atoms with Gasteiger partial charge in [-0.25, -0.2) is 9.78 Å². The van der Waals surface area contributed by atoms with Crippen LogP contribution in [-0.4, -0.2) is 43.2 Å². The number of carbonyl (C=O) groups is 1. The van der Waals surface area contributed by atoms with Gasteiger partial charge < -0.3 is 20.1 Å². The number of rotatable bonds is 10. The zero-order valence-corrected chi connectivity index (χ0v) is 18.3. The van der Waals surface area contributed by atoms with E-state index in [1.165, 1.54) is 11.3 Å². The molecular formula is C21H30N4O3S. The molecule has 1 unspecified atom stereocenters. The van der Waals surface area contributed by atoms with E-state index in [-0.39, 0.29) is 12.0 Å². The standard InChI is InChI=1S/C21H30N4O3S/c1-5-22-21(23-12-13-27-14-17-10-8-7-9-11-17)25-16(4)19-24-15(3)18(29-19)20(26)28-6-2/h7-11,16H,5-6,12-14H2,1-4H3,(H2,22,23,25). The van der Waals surface area contributed by atoms with Crippen molar-refractivity contribution < 1.29 is 14.3 Å². The summed E-state index contributed by atoms with van der Waals surface area (Å²) in [5.41, 5.74) is 1.83. The highest BCUT2D eigenvalue weighted by molar-refractivity contribution is 7.13. The number of ether oxygens (including phenoxy) is 2. The van der Waals surface area contributed by atoms with E-state index in [1.807, 2.05) is 51.1 Å². The largest absolute Gasteiger partial charge is 0.462 e. The van der Waals surface area contributed by atoms with Crippen molar-refractivity contribution in [2.75, 3.05) is 26.3 Å². The van der Waals surface area contributed by atoms with Gasteiger partial charge in [0.15, 0.2) is 5.96 Å². The molecule has 0 aliphatic carbocycles. The van der Waals surface area contributed by atoms with Crippen LogP contribution in [0.2, 0.25) is 0 Å². The molecule has 1 aromatic heterocycles. The summed E-state index contributed by atoms with van der Waals surface area (Å²) >= 11 is 1.35. The molecule has 0 radical (unpaired) electrons. The molecule has 8 heteroatoms.